The number of hydrogen-bond donors (Lipinski definition) is 2. The van der Waals surface area contributed by atoms with Crippen LogP contribution in [0.4, 0.5) is 0 Å². The zero-order valence-electron chi connectivity index (χ0n) is 11.1. The molecule has 0 saturated carbocycles. The van der Waals surface area contributed by atoms with Crippen molar-refractivity contribution in [3.05, 3.63) is 27.2 Å². The van der Waals surface area contributed by atoms with Crippen molar-refractivity contribution in [3.63, 3.8) is 0 Å². The zero-order valence-corrected chi connectivity index (χ0v) is 12.7. The second-order valence-electron chi connectivity index (χ2n) is 5.02. The summed E-state index contributed by atoms with van der Waals surface area (Å²) in [5, 5.41) is 13.1. The predicted molar refractivity (Wildman–Crippen MR) is 76.3 cm³/mol. The van der Waals surface area contributed by atoms with Gasteiger partial charge in [-0.2, -0.15) is 0 Å². The largest absolute Gasteiger partial charge is 0.489 e. The first-order valence-corrected chi connectivity index (χ1v) is 7.11. The van der Waals surface area contributed by atoms with Gasteiger partial charge in [0.1, 0.15) is 12.4 Å². The minimum atomic E-state index is -0.394. The van der Waals surface area contributed by atoms with Gasteiger partial charge in [-0.25, -0.2) is 0 Å². The molecule has 2 rings (SSSR count). The summed E-state index contributed by atoms with van der Waals surface area (Å²) in [5.74, 6) is 0.907. The van der Waals surface area contributed by atoms with Crippen LogP contribution >= 0.6 is 15.9 Å². The van der Waals surface area contributed by atoms with Gasteiger partial charge in [-0.1, -0.05) is 0 Å². The van der Waals surface area contributed by atoms with Crippen LogP contribution in [0.3, 0.4) is 0 Å². The lowest BCUT2D eigenvalue weighted by Gasteiger charge is -2.27. The molecule has 100 valence electrons. The van der Waals surface area contributed by atoms with Crippen molar-refractivity contribution in [2.75, 3.05) is 13.7 Å². The topological polar surface area (TPSA) is 41.5 Å². The number of hydrogen-bond acceptors (Lipinski definition) is 3. The molecule has 2 N–H and O–H groups in total. The van der Waals surface area contributed by atoms with E-state index >= 15 is 0 Å². The summed E-state index contributed by atoms with van der Waals surface area (Å²) in [6.45, 7) is 4.66. The monoisotopic (exact) mass is 313 g/mol. The maximum absolute atomic E-state index is 9.80. The fourth-order valence-corrected chi connectivity index (χ4v) is 3.10. The van der Waals surface area contributed by atoms with Gasteiger partial charge >= 0.3 is 0 Å². The van der Waals surface area contributed by atoms with Crippen LogP contribution in [0.25, 0.3) is 0 Å². The smallest absolute Gasteiger partial charge is 0.137 e. The summed E-state index contributed by atoms with van der Waals surface area (Å²) >= 11 is 3.55. The highest BCUT2D eigenvalue weighted by Crippen LogP contribution is 2.37. The molecule has 1 aromatic carbocycles. The Bertz CT molecular complexity index is 448. The number of aryl methyl sites for hydroxylation is 1. The summed E-state index contributed by atoms with van der Waals surface area (Å²) in [7, 11) is 1.97. The third-order valence-electron chi connectivity index (χ3n) is 3.54. The highest BCUT2D eigenvalue weighted by atomic mass is 79.9. The summed E-state index contributed by atoms with van der Waals surface area (Å²) in [4.78, 5) is 0. The van der Waals surface area contributed by atoms with E-state index in [-0.39, 0.29) is 0 Å². The molecule has 0 aliphatic carbocycles. The Kier molecular flexibility index (Phi) is 4.30. The van der Waals surface area contributed by atoms with Crippen molar-refractivity contribution >= 4 is 15.9 Å². The minimum Gasteiger partial charge on any atom is -0.489 e. The van der Waals surface area contributed by atoms with E-state index in [0.717, 1.165) is 22.2 Å². The zero-order chi connectivity index (χ0) is 13.3. The lowest BCUT2D eigenvalue weighted by molar-refractivity contribution is 0.0911. The number of halogens is 1. The van der Waals surface area contributed by atoms with Gasteiger partial charge < -0.3 is 15.2 Å². The Labute approximate surface area is 117 Å². The van der Waals surface area contributed by atoms with Crippen LogP contribution in [0.2, 0.25) is 0 Å². The van der Waals surface area contributed by atoms with E-state index in [2.05, 4.69) is 41.2 Å². The van der Waals surface area contributed by atoms with Crippen LogP contribution in [0, 0.1) is 6.92 Å². The normalized spacial score (nSPS) is 20.2. The van der Waals surface area contributed by atoms with E-state index in [1.165, 1.54) is 11.1 Å². The molecular weight excluding hydrogens is 294 g/mol. The standard InChI is InChI=1S/C14H20BrNO2/c1-8-4-13(15)14-12(6-10(17)7-18-14)11(8)5-9(2)16-3/h4,9-10,16-17H,5-7H2,1-3H3. The Morgan fingerprint density at radius 3 is 3.00 bits per heavy atom. The maximum atomic E-state index is 9.80. The van der Waals surface area contributed by atoms with Gasteiger partial charge in [-0.3, -0.25) is 0 Å². The van der Waals surface area contributed by atoms with Crippen LogP contribution in [0.1, 0.15) is 23.6 Å². The molecule has 0 saturated heterocycles. The first-order chi connectivity index (χ1) is 8.52. The Balaban J connectivity index is 2.44. The quantitative estimate of drug-likeness (QED) is 0.899. The van der Waals surface area contributed by atoms with Gasteiger partial charge in [0, 0.05) is 18.0 Å². The number of rotatable bonds is 3. The molecule has 1 aliphatic rings. The van der Waals surface area contributed by atoms with Crippen LogP contribution in [-0.2, 0) is 12.8 Å². The van der Waals surface area contributed by atoms with Gasteiger partial charge in [0.15, 0.2) is 0 Å². The average Bonchev–Trinajstić information content (AvgIpc) is 2.33. The van der Waals surface area contributed by atoms with Gasteiger partial charge in [-0.05, 0) is 60.4 Å². The van der Waals surface area contributed by atoms with E-state index in [1.54, 1.807) is 0 Å². The minimum absolute atomic E-state index is 0.385. The highest BCUT2D eigenvalue weighted by molar-refractivity contribution is 9.10. The summed E-state index contributed by atoms with van der Waals surface area (Å²) in [6, 6.07) is 2.52. The van der Waals surface area contributed by atoms with Gasteiger partial charge in [0.25, 0.3) is 0 Å². The fraction of sp³-hybridized carbons (Fsp3) is 0.571. The molecule has 18 heavy (non-hydrogen) atoms. The maximum Gasteiger partial charge on any atom is 0.137 e. The number of ether oxygens (including phenoxy) is 1. The fourth-order valence-electron chi connectivity index (χ4n) is 2.40. The SMILES string of the molecule is CNC(C)Cc1c(C)cc(Br)c2c1CC(O)CO2. The van der Waals surface area contributed by atoms with Crippen LogP contribution in [-0.4, -0.2) is 30.9 Å². The third kappa shape index (κ3) is 2.71. The molecule has 1 aliphatic heterocycles. The molecule has 0 bridgehead atoms. The number of nitrogens with one attached hydrogen (secondary N) is 1. The average molecular weight is 314 g/mol. The molecule has 3 nitrogen and oxygen atoms in total. The summed E-state index contributed by atoms with van der Waals surface area (Å²) < 4.78 is 6.65. The first kappa shape index (κ1) is 13.8. The van der Waals surface area contributed by atoms with Crippen molar-refractivity contribution in [1.82, 2.24) is 5.32 Å². The molecule has 1 heterocycles. The van der Waals surface area contributed by atoms with Crippen molar-refractivity contribution in [3.8, 4) is 5.75 Å². The van der Waals surface area contributed by atoms with Crippen molar-refractivity contribution in [1.29, 1.82) is 0 Å². The number of fused-ring (bicyclic) bond motifs is 1. The molecule has 2 atom stereocenters. The second-order valence-corrected chi connectivity index (χ2v) is 5.88. The number of aliphatic hydroxyl groups is 1. The molecule has 0 amide bonds. The van der Waals surface area contributed by atoms with E-state index < -0.39 is 6.10 Å². The third-order valence-corrected chi connectivity index (χ3v) is 4.13. The number of benzene rings is 1. The lowest BCUT2D eigenvalue weighted by atomic mass is 9.91. The molecule has 0 fully saturated rings. The van der Waals surface area contributed by atoms with Gasteiger partial charge in [0.05, 0.1) is 10.6 Å². The van der Waals surface area contributed by atoms with Gasteiger partial charge in [0.2, 0.25) is 0 Å². The van der Waals surface area contributed by atoms with Crippen LogP contribution in [0.5, 0.6) is 5.75 Å². The molecule has 4 heteroatoms. The van der Waals surface area contributed by atoms with Crippen LogP contribution < -0.4 is 10.1 Å². The van der Waals surface area contributed by atoms with Crippen LogP contribution in [0.15, 0.2) is 10.5 Å². The molecule has 1 aromatic rings. The lowest BCUT2D eigenvalue weighted by Crippen LogP contribution is -2.29. The summed E-state index contributed by atoms with van der Waals surface area (Å²) in [6.07, 6.45) is 1.24. The van der Waals surface area contributed by atoms with E-state index in [9.17, 15) is 5.11 Å². The Morgan fingerprint density at radius 2 is 2.33 bits per heavy atom. The second kappa shape index (κ2) is 5.59. The van der Waals surface area contributed by atoms with Crippen molar-refractivity contribution < 1.29 is 9.84 Å². The molecule has 0 aromatic heterocycles. The van der Waals surface area contributed by atoms with Crippen molar-refractivity contribution in [2.24, 2.45) is 0 Å². The highest BCUT2D eigenvalue weighted by Gasteiger charge is 2.24. The summed E-state index contributed by atoms with van der Waals surface area (Å²) in [5.41, 5.74) is 3.71. The van der Waals surface area contributed by atoms with Crippen molar-refractivity contribution in [2.45, 2.75) is 38.8 Å². The predicted octanol–water partition coefficient (Wildman–Crippen LogP) is 2.20. The molecule has 0 spiro atoms. The Morgan fingerprint density at radius 1 is 1.61 bits per heavy atom. The van der Waals surface area contributed by atoms with Gasteiger partial charge in [-0.15, -0.1) is 0 Å². The molecule has 2 unspecified atom stereocenters. The molecular formula is C14H20BrNO2. The first-order valence-electron chi connectivity index (χ1n) is 6.32. The van der Waals surface area contributed by atoms with E-state index in [4.69, 9.17) is 4.74 Å². The van der Waals surface area contributed by atoms with E-state index in [0.29, 0.717) is 19.1 Å². The van der Waals surface area contributed by atoms with E-state index in [1.807, 2.05) is 7.05 Å². The Hall–Kier alpha value is -0.580. The number of aliphatic hydroxyl groups excluding tert-OH is 1. The molecule has 0 radical (unpaired) electrons. The number of likely N-dealkylation sites (N-methyl/N-ethyl adjacent to an activating group) is 1.